The first kappa shape index (κ1) is 12.4. The molecule has 1 aromatic carbocycles. The summed E-state index contributed by atoms with van der Waals surface area (Å²) in [7, 11) is 0. The molecule has 1 fully saturated rings. The number of carbonyl (C=O) groups is 1. The Bertz CT molecular complexity index is 458. The maximum atomic E-state index is 11.9. The number of allylic oxidation sites excluding steroid dienone is 1. The molecule has 0 spiro atoms. The van der Waals surface area contributed by atoms with E-state index in [0.29, 0.717) is 6.04 Å². The predicted octanol–water partition coefficient (Wildman–Crippen LogP) is 3.52. The monoisotopic (exact) mass is 293 g/mol. The molecular formula is C14H16BrNO. The molecule has 17 heavy (non-hydrogen) atoms. The molecule has 0 heterocycles. The van der Waals surface area contributed by atoms with Crippen molar-refractivity contribution in [3.63, 3.8) is 0 Å². The Hall–Kier alpha value is -1.09. The third-order valence-electron chi connectivity index (χ3n) is 3.09. The van der Waals surface area contributed by atoms with Crippen LogP contribution in [0.2, 0.25) is 0 Å². The molecule has 0 atom stereocenters. The van der Waals surface area contributed by atoms with Crippen LogP contribution in [-0.2, 0) is 4.79 Å². The van der Waals surface area contributed by atoms with Gasteiger partial charge in [0.05, 0.1) is 0 Å². The van der Waals surface area contributed by atoms with Gasteiger partial charge in [-0.3, -0.25) is 4.79 Å². The van der Waals surface area contributed by atoms with Crippen LogP contribution in [0.5, 0.6) is 0 Å². The first-order valence-electron chi connectivity index (χ1n) is 5.82. The summed E-state index contributed by atoms with van der Waals surface area (Å²) in [6.45, 7) is 3.88. The minimum atomic E-state index is 0.0629. The van der Waals surface area contributed by atoms with Gasteiger partial charge >= 0.3 is 0 Å². The molecule has 90 valence electrons. The second kappa shape index (κ2) is 5.05. The van der Waals surface area contributed by atoms with Gasteiger partial charge in [-0.2, -0.15) is 0 Å². The lowest BCUT2D eigenvalue weighted by Crippen LogP contribution is -2.26. The smallest absolute Gasteiger partial charge is 0.247 e. The third kappa shape index (κ3) is 3.19. The zero-order chi connectivity index (χ0) is 12.4. The summed E-state index contributed by atoms with van der Waals surface area (Å²) >= 11 is 3.41. The fourth-order valence-corrected chi connectivity index (χ4v) is 1.87. The number of nitrogens with one attached hydrogen (secondary N) is 1. The van der Waals surface area contributed by atoms with Crippen molar-refractivity contribution < 1.29 is 4.79 Å². The van der Waals surface area contributed by atoms with Crippen LogP contribution in [0.25, 0.3) is 5.57 Å². The average Bonchev–Trinajstić information content (AvgIpc) is 3.12. The number of hydrogen-bond acceptors (Lipinski definition) is 1. The van der Waals surface area contributed by atoms with Crippen LogP contribution in [0.4, 0.5) is 0 Å². The van der Waals surface area contributed by atoms with Gasteiger partial charge in [0.15, 0.2) is 0 Å². The summed E-state index contributed by atoms with van der Waals surface area (Å²) in [5.74, 6) is 0.0629. The van der Waals surface area contributed by atoms with Crippen molar-refractivity contribution in [3.8, 4) is 0 Å². The van der Waals surface area contributed by atoms with Gasteiger partial charge in [0.1, 0.15) is 0 Å². The van der Waals surface area contributed by atoms with Gasteiger partial charge in [0.25, 0.3) is 0 Å². The van der Waals surface area contributed by atoms with E-state index in [-0.39, 0.29) is 5.91 Å². The molecule has 1 N–H and O–H groups in total. The van der Waals surface area contributed by atoms with Crippen molar-refractivity contribution in [2.24, 2.45) is 0 Å². The molecule has 2 nitrogen and oxygen atoms in total. The van der Waals surface area contributed by atoms with E-state index < -0.39 is 0 Å². The molecule has 1 aliphatic rings. The van der Waals surface area contributed by atoms with Crippen molar-refractivity contribution in [3.05, 3.63) is 39.9 Å². The zero-order valence-corrected chi connectivity index (χ0v) is 11.7. The SMILES string of the molecule is C/C(C(=O)NC1CC1)=C(/C)c1ccc(Br)cc1. The number of rotatable bonds is 3. The molecule has 1 aromatic rings. The molecule has 1 amide bonds. The molecule has 3 heteroatoms. The first-order chi connectivity index (χ1) is 8.08. The van der Waals surface area contributed by atoms with Gasteiger partial charge in [-0.25, -0.2) is 0 Å². The van der Waals surface area contributed by atoms with Crippen molar-refractivity contribution in [1.29, 1.82) is 0 Å². The van der Waals surface area contributed by atoms with Crippen LogP contribution in [-0.4, -0.2) is 11.9 Å². The molecule has 0 radical (unpaired) electrons. The Morgan fingerprint density at radius 2 is 1.82 bits per heavy atom. The van der Waals surface area contributed by atoms with Crippen molar-refractivity contribution in [2.45, 2.75) is 32.7 Å². The highest BCUT2D eigenvalue weighted by atomic mass is 79.9. The van der Waals surface area contributed by atoms with E-state index in [1.165, 1.54) is 0 Å². The summed E-state index contributed by atoms with van der Waals surface area (Å²) in [6.07, 6.45) is 2.24. The van der Waals surface area contributed by atoms with E-state index in [9.17, 15) is 4.79 Å². The van der Waals surface area contributed by atoms with Crippen molar-refractivity contribution >= 4 is 27.4 Å². The Kier molecular flexibility index (Phi) is 3.67. The standard InChI is InChI=1S/C14H16BrNO/c1-9(11-3-5-12(15)6-4-11)10(2)14(17)16-13-7-8-13/h3-6,13H,7-8H2,1-2H3,(H,16,17)/b10-9+. The normalized spacial score (nSPS) is 16.4. The molecule has 0 unspecified atom stereocenters. The largest absolute Gasteiger partial charge is 0.350 e. The minimum absolute atomic E-state index is 0.0629. The Labute approximate surface area is 110 Å². The van der Waals surface area contributed by atoms with Crippen LogP contribution in [0.1, 0.15) is 32.3 Å². The Balaban J connectivity index is 2.17. The summed E-state index contributed by atoms with van der Waals surface area (Å²) in [5, 5.41) is 3.01. The third-order valence-corrected chi connectivity index (χ3v) is 3.62. The lowest BCUT2D eigenvalue weighted by atomic mass is 10.0. The van der Waals surface area contributed by atoms with E-state index in [1.54, 1.807) is 0 Å². The second-order valence-corrected chi connectivity index (χ2v) is 5.42. The minimum Gasteiger partial charge on any atom is -0.350 e. The maximum Gasteiger partial charge on any atom is 0.247 e. The summed E-state index contributed by atoms with van der Waals surface area (Å²) in [6, 6.07) is 8.44. The average molecular weight is 294 g/mol. The molecule has 0 aromatic heterocycles. The topological polar surface area (TPSA) is 29.1 Å². The van der Waals surface area contributed by atoms with E-state index in [1.807, 2.05) is 38.1 Å². The number of benzene rings is 1. The lowest BCUT2D eigenvalue weighted by Gasteiger charge is -2.08. The highest BCUT2D eigenvalue weighted by molar-refractivity contribution is 9.10. The van der Waals surface area contributed by atoms with Crippen LogP contribution in [0.3, 0.4) is 0 Å². The molecule has 0 aliphatic heterocycles. The summed E-state index contributed by atoms with van der Waals surface area (Å²) < 4.78 is 1.05. The van der Waals surface area contributed by atoms with Crippen molar-refractivity contribution in [1.82, 2.24) is 5.32 Å². The van der Waals surface area contributed by atoms with Gasteiger partial charge in [-0.1, -0.05) is 28.1 Å². The van der Waals surface area contributed by atoms with Crippen molar-refractivity contribution in [2.75, 3.05) is 0 Å². The molecular weight excluding hydrogens is 278 g/mol. The summed E-state index contributed by atoms with van der Waals surface area (Å²) in [5.41, 5.74) is 2.94. The van der Waals surface area contributed by atoms with Crippen LogP contribution < -0.4 is 5.32 Å². The van der Waals surface area contributed by atoms with Gasteiger partial charge in [0, 0.05) is 16.1 Å². The molecule has 1 saturated carbocycles. The van der Waals surface area contributed by atoms with E-state index in [2.05, 4.69) is 21.2 Å². The molecule has 2 rings (SSSR count). The number of hydrogen-bond donors (Lipinski definition) is 1. The van der Waals surface area contributed by atoms with E-state index in [0.717, 1.165) is 34.0 Å². The number of halogens is 1. The fourth-order valence-electron chi connectivity index (χ4n) is 1.61. The van der Waals surface area contributed by atoms with Gasteiger partial charge in [0.2, 0.25) is 5.91 Å². The molecule has 0 bridgehead atoms. The zero-order valence-electron chi connectivity index (χ0n) is 10.1. The van der Waals surface area contributed by atoms with Gasteiger partial charge in [-0.15, -0.1) is 0 Å². The fraction of sp³-hybridized carbons (Fsp3) is 0.357. The van der Waals surface area contributed by atoms with Crippen LogP contribution in [0, 0.1) is 0 Å². The number of amides is 1. The van der Waals surface area contributed by atoms with Gasteiger partial charge < -0.3 is 5.32 Å². The number of carbonyl (C=O) groups excluding carboxylic acids is 1. The summed E-state index contributed by atoms with van der Waals surface area (Å²) in [4.78, 5) is 11.9. The Morgan fingerprint density at radius 3 is 2.35 bits per heavy atom. The highest BCUT2D eigenvalue weighted by Gasteiger charge is 2.24. The molecule has 0 saturated heterocycles. The highest BCUT2D eigenvalue weighted by Crippen LogP contribution is 2.23. The maximum absolute atomic E-state index is 11.9. The Morgan fingerprint density at radius 1 is 1.24 bits per heavy atom. The van der Waals surface area contributed by atoms with Gasteiger partial charge in [-0.05, 0) is 50.0 Å². The van der Waals surface area contributed by atoms with E-state index >= 15 is 0 Å². The first-order valence-corrected chi connectivity index (χ1v) is 6.61. The lowest BCUT2D eigenvalue weighted by molar-refractivity contribution is -0.117. The van der Waals surface area contributed by atoms with Crippen LogP contribution >= 0.6 is 15.9 Å². The predicted molar refractivity (Wildman–Crippen MR) is 73.6 cm³/mol. The van der Waals surface area contributed by atoms with Crippen LogP contribution in [0.15, 0.2) is 34.3 Å². The quantitative estimate of drug-likeness (QED) is 0.849. The van der Waals surface area contributed by atoms with E-state index in [4.69, 9.17) is 0 Å². The molecule has 1 aliphatic carbocycles. The second-order valence-electron chi connectivity index (χ2n) is 4.50.